The van der Waals surface area contributed by atoms with E-state index in [0.29, 0.717) is 5.56 Å². The Hall–Kier alpha value is -2.68. The molecule has 3 N–H and O–H groups in total. The number of ketones is 1. The van der Waals surface area contributed by atoms with Crippen LogP contribution in [0.4, 0.5) is 0 Å². The maximum atomic E-state index is 12.3. The molecular weight excluding hydrogens is 380 g/mol. The summed E-state index contributed by atoms with van der Waals surface area (Å²) in [5.41, 5.74) is 1.11. The van der Waals surface area contributed by atoms with Crippen molar-refractivity contribution < 1.29 is 22.7 Å². The number of para-hydroxylation sites is 1. The van der Waals surface area contributed by atoms with Crippen molar-refractivity contribution in [3.63, 3.8) is 0 Å². The normalized spacial score (nSPS) is 11.5. The monoisotopic (exact) mass is 392 g/mol. The second-order valence-corrected chi connectivity index (χ2v) is 7.37. The van der Waals surface area contributed by atoms with Crippen LogP contribution in [0, 0.1) is 0 Å². The van der Waals surface area contributed by atoms with Gasteiger partial charge in [-0.3, -0.25) is 4.79 Å². The predicted molar refractivity (Wildman–Crippen MR) is 95.7 cm³/mol. The first-order chi connectivity index (χ1) is 12.3. The van der Waals surface area contributed by atoms with E-state index in [1.165, 1.54) is 12.1 Å². The lowest BCUT2D eigenvalue weighted by Gasteiger charge is -2.07. The molecule has 3 aromatic rings. The minimum absolute atomic E-state index is 0.0786. The van der Waals surface area contributed by atoms with Crippen LogP contribution in [0.1, 0.15) is 20.7 Å². The van der Waals surface area contributed by atoms with Gasteiger partial charge < -0.3 is 9.72 Å². The first-order valence-electron chi connectivity index (χ1n) is 7.36. The summed E-state index contributed by atoms with van der Waals surface area (Å²) in [6.45, 7) is -0.492. The number of sulfonamides is 1. The predicted octanol–water partition coefficient (Wildman–Crippen LogP) is 2.51. The van der Waals surface area contributed by atoms with Gasteiger partial charge in [-0.1, -0.05) is 29.8 Å². The van der Waals surface area contributed by atoms with Crippen molar-refractivity contribution in [1.29, 1.82) is 0 Å². The van der Waals surface area contributed by atoms with E-state index >= 15 is 0 Å². The fourth-order valence-corrected chi connectivity index (χ4v) is 3.51. The standard InChI is InChI=1S/C17H13ClN2O5S/c18-13-6-5-10(7-16(13)26(19,23)24)17(22)25-9-15(21)12-8-20-14-4-2-1-3-11(12)14/h1-8,20H,9H2,(H2,19,23,24). The number of hydrogen-bond acceptors (Lipinski definition) is 5. The topological polar surface area (TPSA) is 119 Å². The summed E-state index contributed by atoms with van der Waals surface area (Å²) in [5, 5.41) is 5.65. The van der Waals surface area contributed by atoms with E-state index in [-0.39, 0.29) is 10.6 Å². The number of nitrogens with two attached hydrogens (primary N) is 1. The lowest BCUT2D eigenvalue weighted by molar-refractivity contribution is 0.0475. The molecule has 0 aliphatic heterocycles. The molecule has 26 heavy (non-hydrogen) atoms. The largest absolute Gasteiger partial charge is 0.454 e. The number of aromatic nitrogens is 1. The fraction of sp³-hybridized carbons (Fsp3) is 0.0588. The first kappa shape index (κ1) is 18.1. The molecule has 0 fully saturated rings. The Morgan fingerprint density at radius 2 is 1.88 bits per heavy atom. The fourth-order valence-electron chi connectivity index (χ4n) is 2.44. The van der Waals surface area contributed by atoms with Crippen LogP contribution >= 0.6 is 11.6 Å². The highest BCUT2D eigenvalue weighted by Crippen LogP contribution is 2.22. The van der Waals surface area contributed by atoms with Gasteiger partial charge in [0.25, 0.3) is 0 Å². The molecular formula is C17H13ClN2O5S. The SMILES string of the molecule is NS(=O)(=O)c1cc(C(=O)OCC(=O)c2c[nH]c3ccccc23)ccc1Cl. The smallest absolute Gasteiger partial charge is 0.338 e. The van der Waals surface area contributed by atoms with Crippen LogP contribution in [-0.4, -0.2) is 31.8 Å². The van der Waals surface area contributed by atoms with Crippen molar-refractivity contribution in [1.82, 2.24) is 4.98 Å². The molecule has 0 atom stereocenters. The third-order valence-corrected chi connectivity index (χ3v) is 5.09. The Balaban J connectivity index is 1.76. The highest BCUT2D eigenvalue weighted by Gasteiger charge is 2.19. The number of primary sulfonamides is 1. The van der Waals surface area contributed by atoms with Gasteiger partial charge in [0.15, 0.2) is 6.61 Å². The Labute approximate surface area is 153 Å². The highest BCUT2D eigenvalue weighted by molar-refractivity contribution is 7.89. The van der Waals surface area contributed by atoms with E-state index in [0.717, 1.165) is 17.0 Å². The second-order valence-electron chi connectivity index (χ2n) is 5.44. The molecule has 0 amide bonds. The molecule has 0 spiro atoms. The molecule has 3 rings (SSSR count). The van der Waals surface area contributed by atoms with Crippen LogP contribution in [0.5, 0.6) is 0 Å². The molecule has 0 aliphatic rings. The van der Waals surface area contributed by atoms with Gasteiger partial charge in [0.05, 0.1) is 10.6 Å². The summed E-state index contributed by atoms with van der Waals surface area (Å²) >= 11 is 5.77. The van der Waals surface area contributed by atoms with Gasteiger partial charge in [0.2, 0.25) is 15.8 Å². The summed E-state index contributed by atoms with van der Waals surface area (Å²) in [6.07, 6.45) is 1.54. The Morgan fingerprint density at radius 1 is 1.15 bits per heavy atom. The van der Waals surface area contributed by atoms with Crippen LogP contribution in [-0.2, 0) is 14.8 Å². The molecule has 134 valence electrons. The summed E-state index contributed by atoms with van der Waals surface area (Å²) in [6, 6.07) is 10.7. The number of carbonyl (C=O) groups excluding carboxylic acids is 2. The maximum Gasteiger partial charge on any atom is 0.338 e. The van der Waals surface area contributed by atoms with Crippen molar-refractivity contribution in [2.45, 2.75) is 4.90 Å². The van der Waals surface area contributed by atoms with Crippen LogP contribution in [0.3, 0.4) is 0 Å². The molecule has 0 radical (unpaired) electrons. The molecule has 2 aromatic carbocycles. The molecule has 7 nitrogen and oxygen atoms in total. The zero-order valence-electron chi connectivity index (χ0n) is 13.2. The van der Waals surface area contributed by atoms with Crippen LogP contribution in [0.25, 0.3) is 10.9 Å². The summed E-state index contributed by atoms with van der Waals surface area (Å²) in [5.74, 6) is -1.25. The lowest BCUT2D eigenvalue weighted by atomic mass is 10.1. The number of carbonyl (C=O) groups is 2. The van der Waals surface area contributed by atoms with E-state index in [4.69, 9.17) is 21.5 Å². The summed E-state index contributed by atoms with van der Waals surface area (Å²) < 4.78 is 27.9. The minimum atomic E-state index is -4.09. The van der Waals surface area contributed by atoms with Crippen LogP contribution in [0.15, 0.2) is 53.6 Å². The molecule has 0 saturated carbocycles. The van der Waals surface area contributed by atoms with E-state index < -0.39 is 33.3 Å². The lowest BCUT2D eigenvalue weighted by Crippen LogP contribution is -2.16. The number of aromatic amines is 1. The molecule has 0 aliphatic carbocycles. The zero-order valence-corrected chi connectivity index (χ0v) is 14.8. The Bertz CT molecular complexity index is 1120. The van der Waals surface area contributed by atoms with Gasteiger partial charge in [-0.25, -0.2) is 18.4 Å². The highest BCUT2D eigenvalue weighted by atomic mass is 35.5. The van der Waals surface area contributed by atoms with Gasteiger partial charge in [0.1, 0.15) is 4.90 Å². The molecule has 9 heteroatoms. The van der Waals surface area contributed by atoms with E-state index in [2.05, 4.69) is 4.98 Å². The Kier molecular flexibility index (Phi) is 4.82. The Morgan fingerprint density at radius 3 is 2.62 bits per heavy atom. The maximum absolute atomic E-state index is 12.3. The number of fused-ring (bicyclic) bond motifs is 1. The number of esters is 1. The van der Waals surface area contributed by atoms with E-state index in [1.54, 1.807) is 18.3 Å². The number of Topliss-reactive ketones (excluding diaryl/α,β-unsaturated/α-hetero) is 1. The van der Waals surface area contributed by atoms with Gasteiger partial charge >= 0.3 is 5.97 Å². The number of ether oxygens (including phenoxy) is 1. The minimum Gasteiger partial charge on any atom is -0.454 e. The van der Waals surface area contributed by atoms with Crippen molar-refractivity contribution in [3.05, 3.63) is 64.8 Å². The van der Waals surface area contributed by atoms with Gasteiger partial charge in [-0.15, -0.1) is 0 Å². The second kappa shape index (κ2) is 6.91. The summed E-state index contributed by atoms with van der Waals surface area (Å²) in [7, 11) is -4.09. The third-order valence-electron chi connectivity index (χ3n) is 3.70. The van der Waals surface area contributed by atoms with E-state index in [9.17, 15) is 18.0 Å². The summed E-state index contributed by atoms with van der Waals surface area (Å²) in [4.78, 5) is 27.0. The number of rotatable bonds is 5. The van der Waals surface area contributed by atoms with Crippen molar-refractivity contribution >= 4 is 44.3 Å². The molecule has 1 heterocycles. The average Bonchev–Trinajstić information content (AvgIpc) is 3.03. The van der Waals surface area contributed by atoms with Crippen molar-refractivity contribution in [2.24, 2.45) is 5.14 Å². The van der Waals surface area contributed by atoms with Gasteiger partial charge in [-0.05, 0) is 24.3 Å². The van der Waals surface area contributed by atoms with Gasteiger partial charge in [0, 0.05) is 22.7 Å². The molecule has 0 unspecified atom stereocenters. The van der Waals surface area contributed by atoms with Crippen molar-refractivity contribution in [2.75, 3.05) is 6.61 Å². The zero-order chi connectivity index (χ0) is 18.9. The molecule has 1 aromatic heterocycles. The first-order valence-corrected chi connectivity index (χ1v) is 9.28. The third kappa shape index (κ3) is 3.62. The molecule has 0 saturated heterocycles. The number of hydrogen-bond donors (Lipinski definition) is 2. The van der Waals surface area contributed by atoms with E-state index in [1.807, 2.05) is 12.1 Å². The van der Waals surface area contributed by atoms with Crippen molar-refractivity contribution in [3.8, 4) is 0 Å². The van der Waals surface area contributed by atoms with Crippen LogP contribution in [0.2, 0.25) is 5.02 Å². The average molecular weight is 393 g/mol. The number of halogens is 1. The number of benzene rings is 2. The molecule has 0 bridgehead atoms. The van der Waals surface area contributed by atoms with Gasteiger partial charge in [-0.2, -0.15) is 0 Å². The number of H-pyrrole nitrogens is 1. The number of nitrogens with one attached hydrogen (secondary N) is 1. The quantitative estimate of drug-likeness (QED) is 0.510. The van der Waals surface area contributed by atoms with Crippen LogP contribution < -0.4 is 5.14 Å².